The summed E-state index contributed by atoms with van der Waals surface area (Å²) in [5.74, 6) is -1.17. The molecule has 2 N–H and O–H groups in total. The Bertz CT molecular complexity index is 1240. The summed E-state index contributed by atoms with van der Waals surface area (Å²) in [6.45, 7) is 4.18. The van der Waals surface area contributed by atoms with Gasteiger partial charge >= 0.3 is 12.1 Å². The highest BCUT2D eigenvalue weighted by atomic mass is 79.9. The first-order chi connectivity index (χ1) is 16.2. The lowest BCUT2D eigenvalue weighted by Gasteiger charge is -2.24. The van der Waals surface area contributed by atoms with Gasteiger partial charge in [0.15, 0.2) is 5.69 Å². The van der Waals surface area contributed by atoms with Crippen LogP contribution in [0.3, 0.4) is 0 Å². The van der Waals surface area contributed by atoms with Crippen molar-refractivity contribution in [2.24, 2.45) is 0 Å². The fourth-order valence-electron chi connectivity index (χ4n) is 4.03. The van der Waals surface area contributed by atoms with Crippen molar-refractivity contribution in [2.75, 3.05) is 16.8 Å². The molecule has 1 aromatic heterocycles. The number of carboxylic acid groups (broad SMARTS) is 1. The minimum Gasteiger partial charge on any atom is -0.476 e. The number of carboxylic acids is 1. The monoisotopic (exact) mass is 543 g/mol. The average molecular weight is 545 g/mol. The molecule has 1 fully saturated rings. The van der Waals surface area contributed by atoms with Crippen LogP contribution in [0.4, 0.5) is 16.2 Å². The van der Waals surface area contributed by atoms with Gasteiger partial charge in [-0.15, -0.1) is 0 Å². The molecule has 1 aliphatic rings. The zero-order chi connectivity index (χ0) is 24.4. The van der Waals surface area contributed by atoms with Crippen LogP contribution < -0.4 is 10.2 Å². The Hall–Kier alpha value is -3.10. The van der Waals surface area contributed by atoms with Crippen LogP contribution in [0.2, 0.25) is 5.15 Å². The summed E-state index contributed by atoms with van der Waals surface area (Å²) in [4.78, 5) is 29.9. The van der Waals surface area contributed by atoms with Gasteiger partial charge < -0.3 is 15.2 Å². The zero-order valence-electron chi connectivity index (χ0n) is 18.6. The number of anilines is 2. The first-order valence-electron chi connectivity index (χ1n) is 10.7. The predicted molar refractivity (Wildman–Crippen MR) is 135 cm³/mol. The molecule has 0 spiro atoms. The maximum absolute atomic E-state index is 12.7. The predicted octanol–water partition coefficient (Wildman–Crippen LogP) is 6.25. The molecule has 0 radical (unpaired) electrons. The molecule has 7 nitrogen and oxygen atoms in total. The largest absolute Gasteiger partial charge is 0.476 e. The first kappa shape index (κ1) is 24.0. The summed E-state index contributed by atoms with van der Waals surface area (Å²) >= 11 is 9.31. The molecule has 4 rings (SSSR count). The fourth-order valence-corrected chi connectivity index (χ4v) is 4.44. The van der Waals surface area contributed by atoms with Crippen LogP contribution in [-0.4, -0.2) is 34.8 Å². The molecule has 0 bridgehead atoms. The van der Waals surface area contributed by atoms with Crippen molar-refractivity contribution in [3.63, 3.8) is 0 Å². The molecule has 2 atom stereocenters. The molecule has 9 heteroatoms. The van der Waals surface area contributed by atoms with Crippen LogP contribution in [0.15, 0.2) is 59.1 Å². The highest BCUT2D eigenvalue weighted by Crippen LogP contribution is 2.31. The number of carbonyl (C=O) groups excluding carboxylic acids is 1. The first-order valence-corrected chi connectivity index (χ1v) is 11.9. The van der Waals surface area contributed by atoms with Crippen LogP contribution >= 0.6 is 27.5 Å². The van der Waals surface area contributed by atoms with E-state index < -0.39 is 5.97 Å². The number of cyclic esters (lactones) is 1. The number of benzene rings is 2. The van der Waals surface area contributed by atoms with E-state index in [4.69, 9.17) is 16.3 Å². The molecule has 0 saturated carbocycles. The van der Waals surface area contributed by atoms with Gasteiger partial charge in [-0.05, 0) is 73.4 Å². The SMILES string of the molecule is Cc1cc([C@@H](C)Nc2ccc(Cl)nc2C(=O)O)cc(N2C(=O)OC[C@@H]2Cc2ccc(Br)cc2)c1. The molecule has 34 heavy (non-hydrogen) atoms. The third-order valence-corrected chi connectivity index (χ3v) is 6.38. The third kappa shape index (κ3) is 5.34. The molecule has 2 heterocycles. The number of halogens is 2. The molecule has 0 aliphatic carbocycles. The smallest absolute Gasteiger partial charge is 0.414 e. The number of amides is 1. The van der Waals surface area contributed by atoms with E-state index in [1.54, 1.807) is 11.0 Å². The van der Waals surface area contributed by atoms with E-state index in [1.807, 2.05) is 56.3 Å². The number of hydrogen-bond donors (Lipinski definition) is 2. The number of nitrogens with one attached hydrogen (secondary N) is 1. The van der Waals surface area contributed by atoms with Crippen LogP contribution in [-0.2, 0) is 11.2 Å². The number of nitrogens with zero attached hydrogens (tertiary/aromatic N) is 2. The molecule has 1 aliphatic heterocycles. The van der Waals surface area contributed by atoms with Crippen molar-refractivity contribution in [3.8, 4) is 0 Å². The number of ether oxygens (including phenoxy) is 1. The standard InChI is InChI=1S/C25H23BrClN3O4/c1-14-9-17(15(2)28-21-7-8-22(27)29-23(21)24(31)32)12-19(10-14)30-20(13-34-25(30)33)11-16-3-5-18(26)6-4-16/h3-10,12,15,20,28H,11,13H2,1-2H3,(H,31,32)/t15-,20+/m1/s1. The summed E-state index contributed by atoms with van der Waals surface area (Å²) < 4.78 is 6.39. The Morgan fingerprint density at radius 2 is 2.00 bits per heavy atom. The van der Waals surface area contributed by atoms with Crippen molar-refractivity contribution in [1.29, 1.82) is 0 Å². The minimum absolute atomic E-state index is 0.109. The molecular weight excluding hydrogens is 522 g/mol. The number of hydrogen-bond acceptors (Lipinski definition) is 5. The van der Waals surface area contributed by atoms with Crippen LogP contribution in [0.5, 0.6) is 0 Å². The Morgan fingerprint density at radius 3 is 2.71 bits per heavy atom. The van der Waals surface area contributed by atoms with Gasteiger partial charge in [0.05, 0.1) is 11.7 Å². The van der Waals surface area contributed by atoms with Crippen LogP contribution in [0, 0.1) is 6.92 Å². The van der Waals surface area contributed by atoms with Crippen molar-refractivity contribution in [1.82, 2.24) is 4.98 Å². The second-order valence-electron chi connectivity index (χ2n) is 8.23. The summed E-state index contributed by atoms with van der Waals surface area (Å²) in [5, 5.41) is 12.8. The Labute approximate surface area is 210 Å². The van der Waals surface area contributed by atoms with E-state index >= 15 is 0 Å². The second kappa shape index (κ2) is 10.0. The van der Waals surface area contributed by atoms with E-state index in [-0.39, 0.29) is 29.0 Å². The maximum atomic E-state index is 12.7. The molecule has 2 aromatic carbocycles. The summed E-state index contributed by atoms with van der Waals surface area (Å²) in [7, 11) is 0. The lowest BCUT2D eigenvalue weighted by atomic mass is 10.0. The molecule has 1 amide bonds. The molecule has 176 valence electrons. The molecular formula is C25H23BrClN3O4. The number of carbonyl (C=O) groups is 2. The van der Waals surface area contributed by atoms with Gasteiger partial charge in [0.2, 0.25) is 0 Å². The molecule has 1 saturated heterocycles. The summed E-state index contributed by atoms with van der Waals surface area (Å²) in [6, 6.07) is 16.6. The van der Waals surface area contributed by atoms with E-state index in [0.29, 0.717) is 18.7 Å². The van der Waals surface area contributed by atoms with Crippen LogP contribution in [0.25, 0.3) is 0 Å². The van der Waals surface area contributed by atoms with Gasteiger partial charge in [0.1, 0.15) is 11.8 Å². The third-order valence-electron chi connectivity index (χ3n) is 5.64. The van der Waals surface area contributed by atoms with E-state index in [9.17, 15) is 14.7 Å². The van der Waals surface area contributed by atoms with E-state index in [0.717, 1.165) is 26.9 Å². The topological polar surface area (TPSA) is 91.8 Å². The lowest BCUT2D eigenvalue weighted by molar-refractivity contribution is 0.0691. The summed E-state index contributed by atoms with van der Waals surface area (Å²) in [6.07, 6.45) is 0.281. The maximum Gasteiger partial charge on any atom is 0.414 e. The Kier molecular flexibility index (Phi) is 7.09. The van der Waals surface area contributed by atoms with Gasteiger partial charge in [-0.25, -0.2) is 14.6 Å². The van der Waals surface area contributed by atoms with E-state index in [2.05, 4.69) is 26.2 Å². The average Bonchev–Trinajstić information content (AvgIpc) is 3.15. The van der Waals surface area contributed by atoms with Gasteiger partial charge in [-0.2, -0.15) is 0 Å². The van der Waals surface area contributed by atoms with Crippen molar-refractivity contribution in [3.05, 3.63) is 86.6 Å². The number of aromatic nitrogens is 1. The van der Waals surface area contributed by atoms with Crippen molar-refractivity contribution in [2.45, 2.75) is 32.4 Å². The number of rotatable bonds is 7. The Morgan fingerprint density at radius 1 is 1.26 bits per heavy atom. The van der Waals surface area contributed by atoms with Crippen molar-refractivity contribution < 1.29 is 19.4 Å². The highest BCUT2D eigenvalue weighted by Gasteiger charge is 2.34. The highest BCUT2D eigenvalue weighted by molar-refractivity contribution is 9.10. The number of aryl methyl sites for hydroxylation is 1. The fraction of sp³-hybridized carbons (Fsp3) is 0.240. The minimum atomic E-state index is -1.17. The van der Waals surface area contributed by atoms with Crippen molar-refractivity contribution >= 4 is 51.0 Å². The summed E-state index contributed by atoms with van der Waals surface area (Å²) in [5.41, 5.74) is 3.92. The van der Waals surface area contributed by atoms with Gasteiger partial charge in [0, 0.05) is 16.2 Å². The molecule has 0 unspecified atom stereocenters. The number of pyridine rings is 1. The second-order valence-corrected chi connectivity index (χ2v) is 9.54. The number of aromatic carboxylic acids is 1. The van der Waals surface area contributed by atoms with Gasteiger partial charge in [-0.1, -0.05) is 45.7 Å². The quantitative estimate of drug-likeness (QED) is 0.342. The zero-order valence-corrected chi connectivity index (χ0v) is 20.9. The van der Waals surface area contributed by atoms with Gasteiger partial charge in [0.25, 0.3) is 0 Å². The normalized spacial score (nSPS) is 16.3. The Balaban J connectivity index is 1.60. The lowest BCUT2D eigenvalue weighted by Crippen LogP contribution is -2.35. The van der Waals surface area contributed by atoms with Gasteiger partial charge in [-0.3, -0.25) is 4.90 Å². The van der Waals surface area contributed by atoms with Crippen LogP contribution in [0.1, 0.15) is 40.1 Å². The van der Waals surface area contributed by atoms with E-state index in [1.165, 1.54) is 6.07 Å². The molecule has 3 aromatic rings.